The highest BCUT2D eigenvalue weighted by molar-refractivity contribution is 14.0. The van der Waals surface area contributed by atoms with Crippen molar-refractivity contribution in [1.82, 2.24) is 15.6 Å². The average molecular weight is 484 g/mol. The molecule has 0 saturated heterocycles. The molecule has 0 unspecified atom stereocenters. The predicted molar refractivity (Wildman–Crippen MR) is 122 cm³/mol. The van der Waals surface area contributed by atoms with Gasteiger partial charge >= 0.3 is 0 Å². The molecule has 2 aromatic rings. The van der Waals surface area contributed by atoms with Crippen LogP contribution in [-0.4, -0.2) is 31.1 Å². The van der Waals surface area contributed by atoms with Crippen molar-refractivity contribution in [2.24, 2.45) is 4.99 Å². The van der Waals surface area contributed by atoms with E-state index in [1.54, 1.807) is 11.3 Å². The summed E-state index contributed by atoms with van der Waals surface area (Å²) >= 11 is 1.79. The SMILES string of the molecule is CN=C(NCCc1nc(C)c(C)s1)NCC1(c2ccccc2)CCC1.I. The summed E-state index contributed by atoms with van der Waals surface area (Å²) in [6.45, 7) is 5.99. The van der Waals surface area contributed by atoms with E-state index in [0.29, 0.717) is 0 Å². The molecule has 1 aromatic carbocycles. The van der Waals surface area contributed by atoms with E-state index in [1.807, 2.05) is 7.05 Å². The van der Waals surface area contributed by atoms with Gasteiger partial charge in [-0.15, -0.1) is 35.3 Å². The Morgan fingerprint density at radius 1 is 1.19 bits per heavy atom. The van der Waals surface area contributed by atoms with Gasteiger partial charge in [0.25, 0.3) is 0 Å². The molecule has 1 aliphatic rings. The number of aryl methyl sites for hydroxylation is 2. The predicted octanol–water partition coefficient (Wildman–Crippen LogP) is 4.21. The van der Waals surface area contributed by atoms with Crippen LogP contribution in [0.3, 0.4) is 0 Å². The number of guanidine groups is 1. The third-order valence-electron chi connectivity index (χ3n) is 5.22. The Kier molecular flexibility index (Phi) is 7.88. The standard InChI is InChI=1S/C20H28N4S.HI/c1-15-16(2)25-18(24-15)10-13-22-19(21-3)23-14-20(11-7-12-20)17-8-5-4-6-9-17;/h4-6,8-9H,7,10-14H2,1-3H3,(H2,21,22,23);1H. The van der Waals surface area contributed by atoms with Gasteiger partial charge in [0.15, 0.2) is 5.96 Å². The lowest BCUT2D eigenvalue weighted by Gasteiger charge is -2.43. The Hall–Kier alpha value is -1.15. The third-order valence-corrected chi connectivity index (χ3v) is 6.35. The van der Waals surface area contributed by atoms with Gasteiger partial charge < -0.3 is 10.6 Å². The first-order chi connectivity index (χ1) is 12.1. The summed E-state index contributed by atoms with van der Waals surface area (Å²) in [5.74, 6) is 0.882. The molecule has 142 valence electrons. The fourth-order valence-corrected chi connectivity index (χ4v) is 4.30. The van der Waals surface area contributed by atoms with Gasteiger partial charge in [-0.1, -0.05) is 36.8 Å². The summed E-state index contributed by atoms with van der Waals surface area (Å²) in [5.41, 5.74) is 2.86. The van der Waals surface area contributed by atoms with Crippen LogP contribution in [0.1, 0.15) is 40.4 Å². The van der Waals surface area contributed by atoms with Gasteiger partial charge in [-0.05, 0) is 32.3 Å². The summed E-state index contributed by atoms with van der Waals surface area (Å²) in [5, 5.41) is 8.15. The number of thiazole rings is 1. The first-order valence-corrected chi connectivity index (χ1v) is 9.87. The molecule has 1 aliphatic carbocycles. The fraction of sp³-hybridized carbons (Fsp3) is 0.500. The maximum atomic E-state index is 4.60. The van der Waals surface area contributed by atoms with Crippen molar-refractivity contribution in [2.45, 2.75) is 44.9 Å². The second kappa shape index (κ2) is 9.69. The van der Waals surface area contributed by atoms with E-state index in [-0.39, 0.29) is 29.4 Å². The topological polar surface area (TPSA) is 49.3 Å². The number of rotatable bonds is 6. The van der Waals surface area contributed by atoms with Crippen LogP contribution in [0, 0.1) is 13.8 Å². The Bertz CT molecular complexity index is 703. The molecule has 1 heterocycles. The van der Waals surface area contributed by atoms with Gasteiger partial charge in [0.05, 0.1) is 10.7 Å². The number of benzene rings is 1. The normalized spacial score (nSPS) is 15.7. The second-order valence-electron chi connectivity index (χ2n) is 6.85. The Morgan fingerprint density at radius 3 is 2.46 bits per heavy atom. The maximum Gasteiger partial charge on any atom is 0.191 e. The molecule has 1 saturated carbocycles. The van der Waals surface area contributed by atoms with Gasteiger partial charge in [0.1, 0.15) is 0 Å². The molecule has 0 spiro atoms. The minimum absolute atomic E-state index is 0. The number of aliphatic imine (C=N–C) groups is 1. The minimum atomic E-state index is 0. The summed E-state index contributed by atoms with van der Waals surface area (Å²) in [6, 6.07) is 10.9. The van der Waals surface area contributed by atoms with Gasteiger partial charge in [0, 0.05) is 36.9 Å². The number of hydrogen-bond donors (Lipinski definition) is 2. The minimum Gasteiger partial charge on any atom is -0.356 e. The van der Waals surface area contributed by atoms with E-state index in [9.17, 15) is 0 Å². The maximum absolute atomic E-state index is 4.60. The van der Waals surface area contributed by atoms with Crippen molar-refractivity contribution >= 4 is 41.3 Å². The van der Waals surface area contributed by atoms with Gasteiger partial charge in [-0.25, -0.2) is 4.98 Å². The number of nitrogens with one attached hydrogen (secondary N) is 2. The number of hydrogen-bond acceptors (Lipinski definition) is 3. The lowest BCUT2D eigenvalue weighted by atomic mass is 9.64. The first kappa shape index (κ1) is 21.2. The van der Waals surface area contributed by atoms with Crippen LogP contribution in [0.4, 0.5) is 0 Å². The van der Waals surface area contributed by atoms with E-state index in [2.05, 4.69) is 64.8 Å². The molecule has 1 aromatic heterocycles. The monoisotopic (exact) mass is 484 g/mol. The Balaban J connectivity index is 0.00000243. The number of aromatic nitrogens is 1. The summed E-state index contributed by atoms with van der Waals surface area (Å²) < 4.78 is 0. The van der Waals surface area contributed by atoms with E-state index in [1.165, 1.54) is 34.7 Å². The van der Waals surface area contributed by atoms with E-state index < -0.39 is 0 Å². The van der Waals surface area contributed by atoms with E-state index in [0.717, 1.165) is 31.2 Å². The van der Waals surface area contributed by atoms with Crippen molar-refractivity contribution in [3.05, 3.63) is 51.5 Å². The average Bonchev–Trinajstić information content (AvgIpc) is 2.91. The smallest absolute Gasteiger partial charge is 0.191 e. The number of nitrogens with zero attached hydrogens (tertiary/aromatic N) is 2. The van der Waals surface area contributed by atoms with Crippen molar-refractivity contribution in [2.75, 3.05) is 20.1 Å². The zero-order valence-corrected chi connectivity index (χ0v) is 19.0. The molecular weight excluding hydrogens is 455 g/mol. The van der Waals surface area contributed by atoms with Crippen LogP contribution in [-0.2, 0) is 11.8 Å². The molecule has 3 rings (SSSR count). The van der Waals surface area contributed by atoms with Crippen LogP contribution < -0.4 is 10.6 Å². The summed E-state index contributed by atoms with van der Waals surface area (Å²) in [4.78, 5) is 10.3. The quantitative estimate of drug-likeness (QED) is 0.367. The van der Waals surface area contributed by atoms with Gasteiger partial charge in [0.2, 0.25) is 0 Å². The molecule has 0 amide bonds. The molecule has 1 fully saturated rings. The molecule has 2 N–H and O–H groups in total. The zero-order valence-electron chi connectivity index (χ0n) is 15.8. The molecule has 26 heavy (non-hydrogen) atoms. The lowest BCUT2D eigenvalue weighted by molar-refractivity contribution is 0.244. The highest BCUT2D eigenvalue weighted by atomic mass is 127. The molecular formula is C20H29IN4S. The molecule has 4 nitrogen and oxygen atoms in total. The molecule has 0 radical (unpaired) electrons. The van der Waals surface area contributed by atoms with Crippen molar-refractivity contribution in [3.8, 4) is 0 Å². The molecule has 0 aliphatic heterocycles. The highest BCUT2D eigenvalue weighted by Crippen LogP contribution is 2.43. The summed E-state index contributed by atoms with van der Waals surface area (Å²) in [7, 11) is 1.84. The highest BCUT2D eigenvalue weighted by Gasteiger charge is 2.38. The van der Waals surface area contributed by atoms with E-state index >= 15 is 0 Å². The van der Waals surface area contributed by atoms with Gasteiger partial charge in [-0.2, -0.15) is 0 Å². The molecule has 6 heteroatoms. The van der Waals surface area contributed by atoms with Gasteiger partial charge in [-0.3, -0.25) is 4.99 Å². The van der Waals surface area contributed by atoms with Crippen molar-refractivity contribution < 1.29 is 0 Å². The number of halogens is 1. The van der Waals surface area contributed by atoms with Crippen molar-refractivity contribution in [3.63, 3.8) is 0 Å². The van der Waals surface area contributed by atoms with Crippen LogP contribution in [0.25, 0.3) is 0 Å². The van der Waals surface area contributed by atoms with Crippen LogP contribution >= 0.6 is 35.3 Å². The Morgan fingerprint density at radius 2 is 1.92 bits per heavy atom. The Labute approximate surface area is 177 Å². The second-order valence-corrected chi connectivity index (χ2v) is 8.14. The van der Waals surface area contributed by atoms with Crippen LogP contribution in [0.5, 0.6) is 0 Å². The third kappa shape index (κ3) is 4.97. The van der Waals surface area contributed by atoms with Crippen LogP contribution in [0.2, 0.25) is 0 Å². The molecule has 0 bridgehead atoms. The van der Waals surface area contributed by atoms with Crippen molar-refractivity contribution in [1.29, 1.82) is 0 Å². The summed E-state index contributed by atoms with van der Waals surface area (Å²) in [6.07, 6.45) is 4.74. The zero-order chi connectivity index (χ0) is 17.7. The fourth-order valence-electron chi connectivity index (χ4n) is 3.37. The lowest BCUT2D eigenvalue weighted by Crippen LogP contribution is -2.49. The van der Waals surface area contributed by atoms with E-state index in [4.69, 9.17) is 0 Å². The largest absolute Gasteiger partial charge is 0.356 e. The molecule has 0 atom stereocenters. The van der Waals surface area contributed by atoms with Crippen LogP contribution in [0.15, 0.2) is 35.3 Å². The first-order valence-electron chi connectivity index (χ1n) is 9.06.